The third-order valence-corrected chi connectivity index (χ3v) is 4.28. The molecule has 0 unspecified atom stereocenters. The number of nitrogens with one attached hydrogen (secondary N) is 1. The number of nitrogens with two attached hydrogens (primary N) is 1. The number of hydrogen-bond donors (Lipinski definition) is 2. The van der Waals surface area contributed by atoms with Crippen LogP contribution in [0, 0.1) is 6.92 Å². The van der Waals surface area contributed by atoms with Gasteiger partial charge in [0.05, 0.1) is 4.90 Å². The van der Waals surface area contributed by atoms with Crippen LogP contribution in [0.15, 0.2) is 53.4 Å². The molecule has 0 fully saturated rings. The molecule has 2 aromatic carbocycles. The number of nitrogen functional groups attached to an aromatic ring is 1. The zero-order chi connectivity index (χ0) is 15.3. The largest absolute Gasteiger partial charge is 0.492 e. The Balaban J connectivity index is 1.88. The molecule has 0 atom stereocenters. The molecule has 0 aromatic heterocycles. The van der Waals surface area contributed by atoms with Crippen molar-refractivity contribution in [3.05, 3.63) is 54.1 Å². The van der Waals surface area contributed by atoms with E-state index in [0.717, 1.165) is 5.56 Å². The quantitative estimate of drug-likeness (QED) is 0.631. The monoisotopic (exact) mass is 306 g/mol. The highest BCUT2D eigenvalue weighted by atomic mass is 32.2. The van der Waals surface area contributed by atoms with Crippen molar-refractivity contribution in [1.29, 1.82) is 0 Å². The minimum atomic E-state index is -3.50. The van der Waals surface area contributed by atoms with Crippen LogP contribution in [0.1, 0.15) is 5.56 Å². The van der Waals surface area contributed by atoms with Gasteiger partial charge in [-0.15, -0.1) is 0 Å². The number of benzene rings is 2. The van der Waals surface area contributed by atoms with Crippen LogP contribution in [-0.2, 0) is 10.0 Å². The molecule has 0 saturated carbocycles. The second-order valence-corrected chi connectivity index (χ2v) is 6.40. The molecule has 3 N–H and O–H groups in total. The van der Waals surface area contributed by atoms with E-state index in [4.69, 9.17) is 10.5 Å². The summed E-state index contributed by atoms with van der Waals surface area (Å²) in [6.07, 6.45) is 0. The Kier molecular flexibility index (Phi) is 4.82. The van der Waals surface area contributed by atoms with Gasteiger partial charge in [-0.25, -0.2) is 13.1 Å². The van der Waals surface area contributed by atoms with Crippen molar-refractivity contribution in [1.82, 2.24) is 4.72 Å². The van der Waals surface area contributed by atoms with E-state index in [0.29, 0.717) is 11.4 Å². The smallest absolute Gasteiger partial charge is 0.240 e. The summed E-state index contributed by atoms with van der Waals surface area (Å²) >= 11 is 0. The molecule has 112 valence electrons. The highest BCUT2D eigenvalue weighted by molar-refractivity contribution is 7.89. The Labute approximate surface area is 124 Å². The zero-order valence-electron chi connectivity index (χ0n) is 11.7. The van der Waals surface area contributed by atoms with Crippen molar-refractivity contribution in [3.8, 4) is 5.75 Å². The summed E-state index contributed by atoms with van der Waals surface area (Å²) in [7, 11) is -3.50. The fraction of sp³-hybridized carbons (Fsp3) is 0.200. The lowest BCUT2D eigenvalue weighted by Crippen LogP contribution is -2.28. The van der Waals surface area contributed by atoms with Gasteiger partial charge in [-0.3, -0.25) is 0 Å². The minimum Gasteiger partial charge on any atom is -0.492 e. The van der Waals surface area contributed by atoms with Crippen LogP contribution in [0.3, 0.4) is 0 Å². The summed E-state index contributed by atoms with van der Waals surface area (Å²) in [5, 5.41) is 0. The highest BCUT2D eigenvalue weighted by Crippen LogP contribution is 2.14. The Morgan fingerprint density at radius 2 is 1.90 bits per heavy atom. The number of anilines is 1. The van der Waals surface area contributed by atoms with Gasteiger partial charge in [0.15, 0.2) is 0 Å². The third kappa shape index (κ3) is 4.47. The van der Waals surface area contributed by atoms with Crippen LogP contribution in [0.5, 0.6) is 5.75 Å². The van der Waals surface area contributed by atoms with E-state index >= 15 is 0 Å². The molecule has 2 rings (SSSR count). The molecule has 0 aliphatic carbocycles. The maximum absolute atomic E-state index is 12.1. The van der Waals surface area contributed by atoms with Gasteiger partial charge in [-0.1, -0.05) is 18.2 Å². The Hall–Kier alpha value is -2.05. The highest BCUT2D eigenvalue weighted by Gasteiger charge is 2.12. The van der Waals surface area contributed by atoms with Crippen LogP contribution < -0.4 is 15.2 Å². The van der Waals surface area contributed by atoms with Crippen LogP contribution in [0.4, 0.5) is 5.69 Å². The van der Waals surface area contributed by atoms with Gasteiger partial charge < -0.3 is 10.5 Å². The van der Waals surface area contributed by atoms with Gasteiger partial charge in [0.25, 0.3) is 0 Å². The predicted molar refractivity (Wildman–Crippen MR) is 82.7 cm³/mol. The third-order valence-electron chi connectivity index (χ3n) is 2.82. The lowest BCUT2D eigenvalue weighted by Gasteiger charge is -2.09. The average Bonchev–Trinajstić information content (AvgIpc) is 2.44. The van der Waals surface area contributed by atoms with Crippen LogP contribution in [0.2, 0.25) is 0 Å². The Bertz CT molecular complexity index is 714. The van der Waals surface area contributed by atoms with Crippen molar-refractivity contribution < 1.29 is 13.2 Å². The number of hydrogen-bond acceptors (Lipinski definition) is 4. The number of aryl methyl sites for hydroxylation is 1. The minimum absolute atomic E-state index is 0.186. The fourth-order valence-electron chi connectivity index (χ4n) is 1.82. The van der Waals surface area contributed by atoms with Crippen molar-refractivity contribution in [2.45, 2.75) is 11.8 Å². The first-order valence-electron chi connectivity index (χ1n) is 6.52. The molecular weight excluding hydrogens is 288 g/mol. The van der Waals surface area contributed by atoms with E-state index in [2.05, 4.69) is 4.72 Å². The second kappa shape index (κ2) is 6.60. The summed E-state index contributed by atoms with van der Waals surface area (Å²) in [6.45, 7) is 2.27. The topological polar surface area (TPSA) is 81.4 Å². The zero-order valence-corrected chi connectivity index (χ0v) is 12.6. The first-order chi connectivity index (χ1) is 9.97. The van der Waals surface area contributed by atoms with Crippen LogP contribution >= 0.6 is 0 Å². The molecule has 0 spiro atoms. The molecule has 6 heteroatoms. The van der Waals surface area contributed by atoms with E-state index in [9.17, 15) is 8.42 Å². The van der Waals surface area contributed by atoms with E-state index < -0.39 is 10.0 Å². The lowest BCUT2D eigenvalue weighted by molar-refractivity contribution is 0.323. The molecule has 5 nitrogen and oxygen atoms in total. The van der Waals surface area contributed by atoms with Crippen LogP contribution in [-0.4, -0.2) is 21.6 Å². The Morgan fingerprint density at radius 1 is 1.14 bits per heavy atom. The normalized spacial score (nSPS) is 11.3. The molecule has 0 amide bonds. The SMILES string of the molecule is Cc1cccc(S(=O)(=O)NCCOc2cccc(N)c2)c1. The number of sulfonamides is 1. The van der Waals surface area contributed by atoms with Crippen molar-refractivity contribution in [2.24, 2.45) is 0 Å². The summed E-state index contributed by atoms with van der Waals surface area (Å²) in [5.41, 5.74) is 7.13. The summed E-state index contributed by atoms with van der Waals surface area (Å²) in [5.74, 6) is 0.616. The fourth-order valence-corrected chi connectivity index (χ4v) is 2.93. The molecule has 0 heterocycles. The number of rotatable bonds is 6. The van der Waals surface area contributed by atoms with E-state index in [1.165, 1.54) is 0 Å². The van der Waals surface area contributed by atoms with Crippen LogP contribution in [0.25, 0.3) is 0 Å². The second-order valence-electron chi connectivity index (χ2n) is 4.64. The first kappa shape index (κ1) is 15.3. The molecule has 21 heavy (non-hydrogen) atoms. The molecule has 0 radical (unpaired) electrons. The maximum atomic E-state index is 12.1. The van der Waals surface area contributed by atoms with E-state index in [1.54, 1.807) is 42.5 Å². The van der Waals surface area contributed by atoms with E-state index in [1.807, 2.05) is 13.0 Å². The van der Waals surface area contributed by atoms with Crippen molar-refractivity contribution in [2.75, 3.05) is 18.9 Å². The van der Waals surface area contributed by atoms with Crippen molar-refractivity contribution >= 4 is 15.7 Å². The number of ether oxygens (including phenoxy) is 1. The van der Waals surface area contributed by atoms with Gasteiger partial charge in [-0.05, 0) is 36.8 Å². The lowest BCUT2D eigenvalue weighted by atomic mass is 10.2. The van der Waals surface area contributed by atoms with Gasteiger partial charge in [0.2, 0.25) is 10.0 Å². The molecule has 2 aromatic rings. The molecule has 0 aliphatic heterocycles. The summed E-state index contributed by atoms with van der Waals surface area (Å²) in [4.78, 5) is 0.256. The summed E-state index contributed by atoms with van der Waals surface area (Å²) in [6, 6.07) is 13.7. The van der Waals surface area contributed by atoms with Gasteiger partial charge in [-0.2, -0.15) is 0 Å². The van der Waals surface area contributed by atoms with E-state index in [-0.39, 0.29) is 18.0 Å². The van der Waals surface area contributed by atoms with Gasteiger partial charge in [0, 0.05) is 18.3 Å². The summed E-state index contributed by atoms with van der Waals surface area (Å²) < 4.78 is 32.1. The molecular formula is C15H18N2O3S. The Morgan fingerprint density at radius 3 is 2.62 bits per heavy atom. The average molecular weight is 306 g/mol. The van der Waals surface area contributed by atoms with Gasteiger partial charge >= 0.3 is 0 Å². The standard InChI is InChI=1S/C15H18N2O3S/c1-12-4-2-7-15(10-12)21(18,19)17-8-9-20-14-6-3-5-13(16)11-14/h2-7,10-11,17H,8-9,16H2,1H3. The molecule has 0 aliphatic rings. The van der Waals surface area contributed by atoms with Gasteiger partial charge in [0.1, 0.15) is 12.4 Å². The van der Waals surface area contributed by atoms with Crippen molar-refractivity contribution in [3.63, 3.8) is 0 Å². The molecule has 0 bridgehead atoms. The molecule has 0 saturated heterocycles. The predicted octanol–water partition coefficient (Wildman–Crippen LogP) is 1.93. The first-order valence-corrected chi connectivity index (χ1v) is 8.00. The maximum Gasteiger partial charge on any atom is 0.240 e.